The Morgan fingerprint density at radius 3 is 2.11 bits per heavy atom. The Balaban J connectivity index is 1.29. The molecule has 0 aromatic heterocycles. The Morgan fingerprint density at radius 2 is 1.52 bits per heavy atom. The molecule has 144 valence electrons. The highest BCUT2D eigenvalue weighted by Gasteiger charge is 2.47. The fourth-order valence-electron chi connectivity index (χ4n) is 4.62. The topological polar surface area (TPSA) is 69.7 Å². The molecular formula is C21H27N3O3. The second-order valence-corrected chi connectivity index (χ2v) is 7.86. The van der Waals surface area contributed by atoms with E-state index in [1.807, 2.05) is 24.3 Å². The van der Waals surface area contributed by atoms with Crippen molar-refractivity contribution in [3.8, 4) is 0 Å². The van der Waals surface area contributed by atoms with Gasteiger partial charge >= 0.3 is 0 Å². The lowest BCUT2D eigenvalue weighted by Crippen LogP contribution is -2.34. The standard InChI is InChI=1S/C21H27N3O3/c25-19(22-15-7-9-16(10-8-15)23-12-3-4-13-23)11-14-24-20(26)17-5-1-2-6-18(17)21(24)27/h7-10,17-18H,1-6,11-14H2,(H,22,25)/t17-,18-/m0/s1. The first kappa shape index (κ1) is 18.0. The van der Waals surface area contributed by atoms with Crippen LogP contribution in [0.3, 0.4) is 0 Å². The van der Waals surface area contributed by atoms with Crippen LogP contribution in [0.4, 0.5) is 11.4 Å². The minimum absolute atomic E-state index is 0.0764. The Morgan fingerprint density at radius 1 is 0.926 bits per heavy atom. The number of imide groups is 1. The van der Waals surface area contributed by atoms with E-state index in [1.54, 1.807) is 0 Å². The van der Waals surface area contributed by atoms with Crippen LogP contribution in [0.5, 0.6) is 0 Å². The molecule has 3 amide bonds. The number of fused-ring (bicyclic) bond motifs is 1. The third kappa shape index (κ3) is 3.70. The van der Waals surface area contributed by atoms with E-state index in [4.69, 9.17) is 0 Å². The summed E-state index contributed by atoms with van der Waals surface area (Å²) in [7, 11) is 0. The average molecular weight is 369 g/mol. The molecule has 1 aromatic carbocycles. The van der Waals surface area contributed by atoms with Gasteiger partial charge in [-0.15, -0.1) is 0 Å². The van der Waals surface area contributed by atoms with Gasteiger partial charge in [0.2, 0.25) is 17.7 Å². The quantitative estimate of drug-likeness (QED) is 0.811. The largest absolute Gasteiger partial charge is 0.372 e. The monoisotopic (exact) mass is 369 g/mol. The molecule has 6 heteroatoms. The number of likely N-dealkylation sites (tertiary alicyclic amines) is 1. The van der Waals surface area contributed by atoms with Crippen LogP contribution in [0, 0.1) is 11.8 Å². The molecule has 3 fully saturated rings. The summed E-state index contributed by atoms with van der Waals surface area (Å²) in [5, 5.41) is 2.87. The third-order valence-electron chi connectivity index (χ3n) is 6.12. The minimum Gasteiger partial charge on any atom is -0.372 e. The maximum atomic E-state index is 12.5. The highest BCUT2D eigenvalue weighted by molar-refractivity contribution is 6.05. The third-order valence-corrected chi connectivity index (χ3v) is 6.12. The van der Waals surface area contributed by atoms with Crippen molar-refractivity contribution in [3.05, 3.63) is 24.3 Å². The van der Waals surface area contributed by atoms with Crippen molar-refractivity contribution in [1.82, 2.24) is 4.90 Å². The Labute approximate surface area is 159 Å². The maximum Gasteiger partial charge on any atom is 0.233 e. The number of benzene rings is 1. The Hall–Kier alpha value is -2.37. The molecule has 2 saturated heterocycles. The predicted octanol–water partition coefficient (Wildman–Crippen LogP) is 2.79. The van der Waals surface area contributed by atoms with Crippen LogP contribution < -0.4 is 10.2 Å². The van der Waals surface area contributed by atoms with E-state index in [2.05, 4.69) is 10.2 Å². The predicted molar refractivity (Wildman–Crippen MR) is 103 cm³/mol. The van der Waals surface area contributed by atoms with Gasteiger partial charge < -0.3 is 10.2 Å². The highest BCUT2D eigenvalue weighted by atomic mass is 16.2. The van der Waals surface area contributed by atoms with E-state index in [0.29, 0.717) is 0 Å². The number of nitrogens with one attached hydrogen (secondary N) is 1. The number of rotatable bonds is 5. The van der Waals surface area contributed by atoms with Crippen LogP contribution in [-0.2, 0) is 14.4 Å². The van der Waals surface area contributed by atoms with E-state index in [9.17, 15) is 14.4 Å². The van der Waals surface area contributed by atoms with Crippen LogP contribution in [0.2, 0.25) is 0 Å². The van der Waals surface area contributed by atoms with Gasteiger partial charge in [0.25, 0.3) is 0 Å². The van der Waals surface area contributed by atoms with Gasteiger partial charge in [-0.3, -0.25) is 19.3 Å². The second kappa shape index (κ2) is 7.71. The summed E-state index contributed by atoms with van der Waals surface area (Å²) >= 11 is 0. The van der Waals surface area contributed by atoms with E-state index in [1.165, 1.54) is 23.4 Å². The van der Waals surface area contributed by atoms with Gasteiger partial charge in [-0.25, -0.2) is 0 Å². The summed E-state index contributed by atoms with van der Waals surface area (Å²) < 4.78 is 0. The highest BCUT2D eigenvalue weighted by Crippen LogP contribution is 2.38. The van der Waals surface area contributed by atoms with Crippen LogP contribution in [-0.4, -0.2) is 42.3 Å². The van der Waals surface area contributed by atoms with Crippen molar-refractivity contribution in [2.24, 2.45) is 11.8 Å². The van der Waals surface area contributed by atoms with Gasteiger partial charge in [0.05, 0.1) is 11.8 Å². The molecule has 2 aliphatic heterocycles. The number of anilines is 2. The van der Waals surface area contributed by atoms with E-state index in [-0.39, 0.29) is 42.5 Å². The lowest BCUT2D eigenvalue weighted by molar-refractivity contribution is -0.140. The SMILES string of the molecule is O=C(CCN1C(=O)[C@H]2CCCC[C@@H]2C1=O)Nc1ccc(N2CCCC2)cc1. The molecule has 0 radical (unpaired) electrons. The lowest BCUT2D eigenvalue weighted by atomic mass is 9.81. The van der Waals surface area contributed by atoms with Crippen molar-refractivity contribution in [2.45, 2.75) is 44.9 Å². The number of hydrogen-bond acceptors (Lipinski definition) is 4. The van der Waals surface area contributed by atoms with E-state index >= 15 is 0 Å². The first-order valence-electron chi connectivity index (χ1n) is 10.1. The molecule has 3 aliphatic rings. The molecule has 1 N–H and O–H groups in total. The minimum atomic E-state index is -0.167. The van der Waals surface area contributed by atoms with Crippen LogP contribution in [0.25, 0.3) is 0 Å². The van der Waals surface area contributed by atoms with Crippen LogP contribution >= 0.6 is 0 Å². The smallest absolute Gasteiger partial charge is 0.233 e. The molecule has 2 heterocycles. The van der Waals surface area contributed by atoms with Crippen LogP contribution in [0.1, 0.15) is 44.9 Å². The number of nitrogens with zero attached hydrogens (tertiary/aromatic N) is 2. The normalized spacial score (nSPS) is 25.0. The summed E-state index contributed by atoms with van der Waals surface area (Å²) in [4.78, 5) is 40.8. The van der Waals surface area contributed by atoms with Crippen molar-refractivity contribution < 1.29 is 14.4 Å². The fraction of sp³-hybridized carbons (Fsp3) is 0.571. The van der Waals surface area contributed by atoms with Gasteiger partial charge in [0.15, 0.2) is 0 Å². The molecule has 1 aliphatic carbocycles. The van der Waals surface area contributed by atoms with Gasteiger partial charge in [-0.1, -0.05) is 12.8 Å². The molecule has 27 heavy (non-hydrogen) atoms. The molecule has 1 aromatic rings. The zero-order valence-corrected chi connectivity index (χ0v) is 15.7. The van der Waals surface area contributed by atoms with Crippen molar-refractivity contribution in [2.75, 3.05) is 29.9 Å². The van der Waals surface area contributed by atoms with Crippen molar-refractivity contribution in [1.29, 1.82) is 0 Å². The fourth-order valence-corrected chi connectivity index (χ4v) is 4.62. The van der Waals surface area contributed by atoms with Gasteiger partial charge in [0.1, 0.15) is 0 Å². The Kier molecular flexibility index (Phi) is 5.14. The van der Waals surface area contributed by atoms with Crippen molar-refractivity contribution in [3.63, 3.8) is 0 Å². The maximum absolute atomic E-state index is 12.5. The van der Waals surface area contributed by atoms with E-state index in [0.717, 1.165) is 44.5 Å². The lowest BCUT2D eigenvalue weighted by Gasteiger charge is -2.19. The first-order chi connectivity index (χ1) is 13.1. The summed E-state index contributed by atoms with van der Waals surface area (Å²) in [6, 6.07) is 7.87. The molecule has 4 rings (SSSR count). The van der Waals surface area contributed by atoms with E-state index < -0.39 is 0 Å². The average Bonchev–Trinajstić information content (AvgIpc) is 3.30. The Bertz CT molecular complexity index is 701. The summed E-state index contributed by atoms with van der Waals surface area (Å²) in [6.07, 6.45) is 6.25. The molecule has 0 spiro atoms. The summed E-state index contributed by atoms with van der Waals surface area (Å²) in [6.45, 7) is 2.36. The second-order valence-electron chi connectivity index (χ2n) is 7.86. The summed E-state index contributed by atoms with van der Waals surface area (Å²) in [5.74, 6) is -0.612. The van der Waals surface area contributed by atoms with Crippen molar-refractivity contribution >= 4 is 29.1 Å². The summed E-state index contributed by atoms with van der Waals surface area (Å²) in [5.41, 5.74) is 1.93. The number of hydrogen-bond donors (Lipinski definition) is 1. The number of carbonyl (C=O) groups is 3. The van der Waals surface area contributed by atoms with Crippen LogP contribution in [0.15, 0.2) is 24.3 Å². The molecule has 0 bridgehead atoms. The molecule has 1 saturated carbocycles. The van der Waals surface area contributed by atoms with Gasteiger partial charge in [0, 0.05) is 37.4 Å². The molecule has 6 nitrogen and oxygen atoms in total. The van der Waals surface area contributed by atoms with Gasteiger partial charge in [-0.05, 0) is 49.9 Å². The van der Waals surface area contributed by atoms with Gasteiger partial charge in [-0.2, -0.15) is 0 Å². The zero-order valence-electron chi connectivity index (χ0n) is 15.7. The molecule has 0 unspecified atom stereocenters. The number of carbonyl (C=O) groups excluding carboxylic acids is 3. The zero-order chi connectivity index (χ0) is 18.8. The number of amides is 3. The molecule has 2 atom stereocenters. The first-order valence-corrected chi connectivity index (χ1v) is 10.1. The molecular weight excluding hydrogens is 342 g/mol.